The highest BCUT2D eigenvalue weighted by molar-refractivity contribution is 5.15. The van der Waals surface area contributed by atoms with Crippen LogP contribution in [0.4, 0.5) is 0 Å². The normalized spacial score (nSPS) is 12.2. The number of hydrogen-bond donors (Lipinski definition) is 0. The predicted molar refractivity (Wildman–Crippen MR) is 65.9 cm³/mol. The van der Waals surface area contributed by atoms with Crippen LogP contribution in [0, 0.1) is 0 Å². The van der Waals surface area contributed by atoms with Gasteiger partial charge >= 0.3 is 0 Å². The van der Waals surface area contributed by atoms with Gasteiger partial charge in [-0.05, 0) is 32.0 Å². The van der Waals surface area contributed by atoms with Crippen molar-refractivity contribution in [2.75, 3.05) is 13.6 Å². The maximum atomic E-state index is 3.57. The smallest absolute Gasteiger partial charge is 0.0237 e. The molecule has 15 heavy (non-hydrogen) atoms. The van der Waals surface area contributed by atoms with Gasteiger partial charge in [0, 0.05) is 12.6 Å². The lowest BCUT2D eigenvalue weighted by molar-refractivity contribution is 0.283. The van der Waals surface area contributed by atoms with Gasteiger partial charge in [-0.1, -0.05) is 36.9 Å². The van der Waals surface area contributed by atoms with Crippen molar-refractivity contribution in [3.8, 4) is 0 Å². The molecule has 0 aliphatic heterocycles. The van der Waals surface area contributed by atoms with Crippen LogP contribution >= 0.6 is 0 Å². The summed E-state index contributed by atoms with van der Waals surface area (Å²) in [5, 5.41) is 0. The molecule has 1 rings (SSSR count). The minimum Gasteiger partial charge on any atom is -0.299 e. The molecule has 1 aromatic rings. The first-order chi connectivity index (χ1) is 7.24. The largest absolute Gasteiger partial charge is 0.299 e. The third-order valence-electron chi connectivity index (χ3n) is 2.65. The van der Waals surface area contributed by atoms with E-state index in [0.29, 0.717) is 6.04 Å². The monoisotopic (exact) mass is 201 g/mol. The molecular weight excluding hydrogens is 182 g/mol. The maximum absolute atomic E-state index is 3.57. The molecule has 1 heteroatoms. The van der Waals surface area contributed by atoms with Crippen LogP contribution in [0.25, 0.3) is 0 Å². The van der Waals surface area contributed by atoms with E-state index >= 15 is 0 Å². The Bertz CT molecular complexity index is 322. The summed E-state index contributed by atoms with van der Waals surface area (Å²) >= 11 is 0. The summed E-state index contributed by atoms with van der Waals surface area (Å²) in [6.45, 7) is 6.72. The van der Waals surface area contributed by atoms with Crippen molar-refractivity contribution in [2.24, 2.45) is 0 Å². The third-order valence-corrected chi connectivity index (χ3v) is 2.65. The van der Waals surface area contributed by atoms with E-state index in [2.05, 4.69) is 61.5 Å². The van der Waals surface area contributed by atoms with Crippen LogP contribution in [-0.2, 0) is 6.42 Å². The van der Waals surface area contributed by atoms with Gasteiger partial charge in [0.1, 0.15) is 0 Å². The molecule has 0 aliphatic rings. The van der Waals surface area contributed by atoms with E-state index < -0.39 is 0 Å². The quantitative estimate of drug-likeness (QED) is 0.662. The highest BCUT2D eigenvalue weighted by atomic mass is 15.1. The molecule has 0 aromatic heterocycles. The van der Waals surface area contributed by atoms with Gasteiger partial charge in [0.15, 0.2) is 0 Å². The van der Waals surface area contributed by atoms with Crippen molar-refractivity contribution in [3.05, 3.63) is 54.3 Å². The lowest BCUT2D eigenvalue weighted by atomic mass is 10.1. The summed E-state index contributed by atoms with van der Waals surface area (Å²) < 4.78 is 0. The summed E-state index contributed by atoms with van der Waals surface area (Å²) in [4.78, 5) is 2.30. The third kappa shape index (κ3) is 4.16. The highest BCUT2D eigenvalue weighted by Crippen LogP contribution is 2.06. The van der Waals surface area contributed by atoms with Gasteiger partial charge in [0.25, 0.3) is 0 Å². The van der Waals surface area contributed by atoms with Gasteiger partial charge in [0.2, 0.25) is 0 Å². The van der Waals surface area contributed by atoms with Crippen molar-refractivity contribution in [2.45, 2.75) is 19.4 Å². The summed E-state index contributed by atoms with van der Waals surface area (Å²) in [6.07, 6.45) is 3.05. The van der Waals surface area contributed by atoms with Gasteiger partial charge in [-0.2, -0.15) is 0 Å². The number of hydrogen-bond acceptors (Lipinski definition) is 1. The van der Waals surface area contributed by atoms with Crippen LogP contribution in [0.15, 0.2) is 48.7 Å². The zero-order valence-corrected chi connectivity index (χ0v) is 9.61. The molecule has 0 radical (unpaired) electrons. The molecule has 0 aliphatic carbocycles. The summed E-state index contributed by atoms with van der Waals surface area (Å²) in [5.41, 5.74) is 4.19. The Morgan fingerprint density at radius 1 is 1.40 bits per heavy atom. The zero-order valence-electron chi connectivity index (χ0n) is 9.61. The fourth-order valence-electron chi connectivity index (χ4n) is 1.50. The van der Waals surface area contributed by atoms with E-state index in [1.165, 1.54) is 5.56 Å². The molecule has 1 nitrogen and oxygen atoms in total. The number of nitrogens with zero attached hydrogens (tertiary/aromatic N) is 1. The highest BCUT2D eigenvalue weighted by Gasteiger charge is 2.07. The minimum absolute atomic E-state index is 0.539. The summed E-state index contributed by atoms with van der Waals surface area (Å²) in [7, 11) is 2.13. The average molecular weight is 201 g/mol. The molecule has 0 amide bonds. The number of likely N-dealkylation sites (N-methyl/N-ethyl adjacent to an activating group) is 1. The molecule has 0 spiro atoms. The first kappa shape index (κ1) is 11.8. The van der Waals surface area contributed by atoms with Crippen molar-refractivity contribution in [1.82, 2.24) is 4.90 Å². The lowest BCUT2D eigenvalue weighted by Crippen LogP contribution is -2.30. The Morgan fingerprint density at radius 3 is 2.67 bits per heavy atom. The predicted octanol–water partition coefficient (Wildman–Crippen LogP) is 2.89. The van der Waals surface area contributed by atoms with Crippen LogP contribution < -0.4 is 0 Å². The average Bonchev–Trinajstić information content (AvgIpc) is 2.27. The second kappa shape index (κ2) is 6.23. The number of benzene rings is 1. The Balaban J connectivity index is 2.48. The first-order valence-electron chi connectivity index (χ1n) is 5.32. The molecular formula is C14H19N. The van der Waals surface area contributed by atoms with Crippen LogP contribution in [0.3, 0.4) is 0 Å². The van der Waals surface area contributed by atoms with Gasteiger partial charge < -0.3 is 0 Å². The second-order valence-electron chi connectivity index (χ2n) is 3.89. The van der Waals surface area contributed by atoms with Crippen LogP contribution in [0.2, 0.25) is 0 Å². The van der Waals surface area contributed by atoms with Crippen molar-refractivity contribution in [3.63, 3.8) is 0 Å². The van der Waals surface area contributed by atoms with Gasteiger partial charge in [0.05, 0.1) is 0 Å². The van der Waals surface area contributed by atoms with E-state index in [1.807, 2.05) is 6.08 Å². The summed E-state index contributed by atoms with van der Waals surface area (Å²) in [5.74, 6) is 0. The standard InChI is InChI=1S/C14H19N/c1-4-5-11-15(3)13(2)12-14-9-7-6-8-10-14/h5-10,13H,1,11-12H2,2-3H3/t13-/m0/s1. The maximum Gasteiger partial charge on any atom is 0.0237 e. The zero-order chi connectivity index (χ0) is 11.1. The molecule has 1 atom stereocenters. The Hall–Kier alpha value is -1.30. The topological polar surface area (TPSA) is 3.24 Å². The van der Waals surface area contributed by atoms with Gasteiger partial charge in [-0.15, -0.1) is 5.73 Å². The Kier molecular flexibility index (Phi) is 4.89. The SMILES string of the molecule is C=C=CCN(C)[C@@H](C)Cc1ccccc1. The molecule has 80 valence electrons. The van der Waals surface area contributed by atoms with Crippen molar-refractivity contribution < 1.29 is 0 Å². The first-order valence-corrected chi connectivity index (χ1v) is 5.32. The van der Waals surface area contributed by atoms with Crippen molar-refractivity contribution in [1.29, 1.82) is 0 Å². The molecule has 1 aromatic carbocycles. The molecule has 0 unspecified atom stereocenters. The van der Waals surface area contributed by atoms with E-state index in [0.717, 1.165) is 13.0 Å². The van der Waals surface area contributed by atoms with E-state index in [1.54, 1.807) is 0 Å². The van der Waals surface area contributed by atoms with E-state index in [-0.39, 0.29) is 0 Å². The van der Waals surface area contributed by atoms with Crippen LogP contribution in [-0.4, -0.2) is 24.5 Å². The van der Waals surface area contributed by atoms with Crippen LogP contribution in [0.5, 0.6) is 0 Å². The molecule has 0 fully saturated rings. The fourth-order valence-corrected chi connectivity index (χ4v) is 1.50. The molecule has 0 saturated carbocycles. The van der Waals surface area contributed by atoms with Gasteiger partial charge in [-0.25, -0.2) is 0 Å². The molecule has 0 heterocycles. The van der Waals surface area contributed by atoms with E-state index in [4.69, 9.17) is 0 Å². The van der Waals surface area contributed by atoms with Crippen LogP contribution in [0.1, 0.15) is 12.5 Å². The lowest BCUT2D eigenvalue weighted by Gasteiger charge is -2.23. The van der Waals surface area contributed by atoms with E-state index in [9.17, 15) is 0 Å². The molecule has 0 bridgehead atoms. The minimum atomic E-state index is 0.539. The molecule has 0 N–H and O–H groups in total. The Labute approximate surface area is 92.7 Å². The van der Waals surface area contributed by atoms with Crippen molar-refractivity contribution >= 4 is 0 Å². The molecule has 0 saturated heterocycles. The Morgan fingerprint density at radius 2 is 2.07 bits per heavy atom. The fraction of sp³-hybridized carbons (Fsp3) is 0.357. The second-order valence-corrected chi connectivity index (χ2v) is 3.89. The summed E-state index contributed by atoms with van der Waals surface area (Å²) in [6, 6.07) is 11.1. The van der Waals surface area contributed by atoms with Gasteiger partial charge in [-0.3, -0.25) is 4.90 Å². The number of rotatable bonds is 5.